The van der Waals surface area contributed by atoms with E-state index in [1.54, 1.807) is 4.90 Å². The number of aliphatic hydroxyl groups excluding tert-OH is 1. The third kappa shape index (κ3) is 2.63. The van der Waals surface area contributed by atoms with E-state index in [2.05, 4.69) is 9.88 Å². The van der Waals surface area contributed by atoms with Gasteiger partial charge in [0.1, 0.15) is 5.82 Å². The molecule has 1 N–H and O–H groups in total. The molecule has 3 heterocycles. The minimum absolute atomic E-state index is 0.0473. The molecule has 108 valence electrons. The number of hydrogen-bond donors (Lipinski definition) is 1. The second-order valence-corrected chi connectivity index (χ2v) is 5.68. The Morgan fingerprint density at radius 3 is 2.65 bits per heavy atom. The summed E-state index contributed by atoms with van der Waals surface area (Å²) in [6, 6.07) is 3.97. The van der Waals surface area contributed by atoms with Crippen LogP contribution in [-0.4, -0.2) is 42.2 Å². The summed E-state index contributed by atoms with van der Waals surface area (Å²) < 4.78 is 0. The van der Waals surface area contributed by atoms with Crippen LogP contribution in [0.25, 0.3) is 0 Å². The van der Waals surface area contributed by atoms with E-state index in [0.29, 0.717) is 18.8 Å². The molecule has 2 saturated heterocycles. The van der Waals surface area contributed by atoms with Gasteiger partial charge in [0, 0.05) is 38.6 Å². The van der Waals surface area contributed by atoms with Crippen LogP contribution < -0.4 is 9.80 Å². The van der Waals surface area contributed by atoms with Crippen molar-refractivity contribution in [2.75, 3.05) is 36.0 Å². The zero-order valence-corrected chi connectivity index (χ0v) is 11.7. The largest absolute Gasteiger partial charge is 0.396 e. The number of anilines is 2. The molecular weight excluding hydrogens is 254 g/mol. The smallest absolute Gasteiger partial charge is 0.228 e. The Kier molecular flexibility index (Phi) is 3.87. The summed E-state index contributed by atoms with van der Waals surface area (Å²) in [4.78, 5) is 20.4. The molecule has 0 bridgehead atoms. The Morgan fingerprint density at radius 1 is 1.25 bits per heavy atom. The van der Waals surface area contributed by atoms with Crippen LogP contribution in [0.2, 0.25) is 0 Å². The molecule has 0 spiro atoms. The van der Waals surface area contributed by atoms with Crippen LogP contribution in [0.4, 0.5) is 11.5 Å². The Morgan fingerprint density at radius 2 is 2.05 bits per heavy atom. The molecule has 0 saturated carbocycles. The number of amides is 1. The number of aliphatic hydroxyl groups is 1. The molecule has 20 heavy (non-hydrogen) atoms. The highest BCUT2D eigenvalue weighted by atomic mass is 16.3. The highest BCUT2D eigenvalue weighted by molar-refractivity contribution is 5.94. The predicted octanol–water partition coefficient (Wildman–Crippen LogP) is 1.42. The summed E-state index contributed by atoms with van der Waals surface area (Å²) in [6.45, 7) is 2.83. The molecule has 2 aliphatic rings. The Labute approximate surface area is 119 Å². The Hall–Kier alpha value is -1.62. The van der Waals surface area contributed by atoms with Gasteiger partial charge in [0.05, 0.1) is 11.9 Å². The average Bonchev–Trinajstić information content (AvgIpc) is 2.89. The topological polar surface area (TPSA) is 56.7 Å². The fraction of sp³-hybridized carbons (Fsp3) is 0.600. The first-order chi connectivity index (χ1) is 9.78. The lowest BCUT2D eigenvalue weighted by molar-refractivity contribution is -0.117. The number of piperidine rings is 1. The maximum Gasteiger partial charge on any atom is 0.228 e. The van der Waals surface area contributed by atoms with Crippen molar-refractivity contribution in [3.63, 3.8) is 0 Å². The van der Waals surface area contributed by atoms with Crippen LogP contribution in [-0.2, 0) is 4.79 Å². The average molecular weight is 275 g/mol. The second kappa shape index (κ2) is 5.79. The van der Waals surface area contributed by atoms with E-state index in [1.807, 2.05) is 18.3 Å². The first-order valence-electron chi connectivity index (χ1n) is 7.40. The van der Waals surface area contributed by atoms with Crippen molar-refractivity contribution < 1.29 is 9.90 Å². The minimum atomic E-state index is 0.0473. The Bertz CT molecular complexity index is 469. The molecule has 3 rings (SSSR count). The third-order valence-corrected chi connectivity index (χ3v) is 4.19. The molecule has 1 atom stereocenters. The molecule has 1 aromatic rings. The van der Waals surface area contributed by atoms with Crippen molar-refractivity contribution in [1.82, 2.24) is 4.98 Å². The van der Waals surface area contributed by atoms with Crippen molar-refractivity contribution in [3.8, 4) is 0 Å². The number of carbonyl (C=O) groups excluding carboxylic acids is 1. The molecule has 1 aromatic heterocycles. The van der Waals surface area contributed by atoms with Gasteiger partial charge in [-0.25, -0.2) is 4.98 Å². The van der Waals surface area contributed by atoms with Gasteiger partial charge in [-0.2, -0.15) is 0 Å². The number of rotatable bonds is 3. The molecule has 5 nitrogen and oxygen atoms in total. The quantitative estimate of drug-likeness (QED) is 0.906. The summed E-state index contributed by atoms with van der Waals surface area (Å²) in [5, 5.41) is 9.16. The lowest BCUT2D eigenvalue weighted by Gasteiger charge is -2.28. The van der Waals surface area contributed by atoms with E-state index in [-0.39, 0.29) is 18.4 Å². The number of pyridine rings is 1. The maximum absolute atomic E-state index is 11.9. The van der Waals surface area contributed by atoms with Crippen molar-refractivity contribution >= 4 is 17.4 Å². The number of carbonyl (C=O) groups is 1. The summed E-state index contributed by atoms with van der Waals surface area (Å²) in [6.07, 6.45) is 6.08. The zero-order chi connectivity index (χ0) is 13.9. The van der Waals surface area contributed by atoms with Gasteiger partial charge < -0.3 is 10.0 Å². The highest BCUT2D eigenvalue weighted by Crippen LogP contribution is 2.25. The van der Waals surface area contributed by atoms with E-state index in [4.69, 9.17) is 5.11 Å². The monoisotopic (exact) mass is 275 g/mol. The van der Waals surface area contributed by atoms with Crippen LogP contribution in [0.1, 0.15) is 25.7 Å². The molecular formula is C15H21N3O2. The van der Waals surface area contributed by atoms with Crippen LogP contribution >= 0.6 is 0 Å². The molecule has 1 unspecified atom stereocenters. The molecule has 0 aromatic carbocycles. The third-order valence-electron chi connectivity index (χ3n) is 4.19. The van der Waals surface area contributed by atoms with Gasteiger partial charge in [-0.1, -0.05) is 0 Å². The van der Waals surface area contributed by atoms with Crippen molar-refractivity contribution in [2.24, 2.45) is 5.92 Å². The highest BCUT2D eigenvalue weighted by Gasteiger charge is 2.30. The number of nitrogens with zero attached hydrogens (tertiary/aromatic N) is 3. The van der Waals surface area contributed by atoms with Gasteiger partial charge in [0.2, 0.25) is 5.91 Å². The fourth-order valence-electron chi connectivity index (χ4n) is 3.00. The summed E-state index contributed by atoms with van der Waals surface area (Å²) in [5.74, 6) is 0.806. The minimum Gasteiger partial charge on any atom is -0.396 e. The normalized spacial score (nSPS) is 23.4. The van der Waals surface area contributed by atoms with E-state index < -0.39 is 0 Å². The predicted molar refractivity (Wildman–Crippen MR) is 77.8 cm³/mol. The van der Waals surface area contributed by atoms with Crippen LogP contribution in [0.3, 0.4) is 0 Å². The van der Waals surface area contributed by atoms with Crippen molar-refractivity contribution in [3.05, 3.63) is 18.3 Å². The first kappa shape index (κ1) is 13.4. The van der Waals surface area contributed by atoms with Crippen LogP contribution in [0.5, 0.6) is 0 Å². The van der Waals surface area contributed by atoms with Crippen LogP contribution in [0.15, 0.2) is 18.3 Å². The molecule has 0 aliphatic carbocycles. The second-order valence-electron chi connectivity index (χ2n) is 5.68. The van der Waals surface area contributed by atoms with Gasteiger partial charge in [0.25, 0.3) is 0 Å². The lowest BCUT2D eigenvalue weighted by Crippen LogP contribution is -2.30. The number of hydrogen-bond acceptors (Lipinski definition) is 4. The van der Waals surface area contributed by atoms with Crippen molar-refractivity contribution in [1.29, 1.82) is 0 Å². The molecule has 5 heteroatoms. The van der Waals surface area contributed by atoms with Gasteiger partial charge in [-0.05, 0) is 31.4 Å². The Balaban J connectivity index is 1.71. The zero-order valence-electron chi connectivity index (χ0n) is 11.7. The lowest BCUT2D eigenvalue weighted by atomic mass is 10.1. The van der Waals surface area contributed by atoms with E-state index in [0.717, 1.165) is 18.8 Å². The van der Waals surface area contributed by atoms with E-state index in [9.17, 15) is 4.79 Å². The van der Waals surface area contributed by atoms with Gasteiger partial charge in [-0.15, -0.1) is 0 Å². The maximum atomic E-state index is 11.9. The summed E-state index contributed by atoms with van der Waals surface area (Å²) >= 11 is 0. The number of aromatic nitrogens is 1. The van der Waals surface area contributed by atoms with Crippen LogP contribution in [0, 0.1) is 5.92 Å². The molecule has 2 aliphatic heterocycles. The molecule has 2 fully saturated rings. The van der Waals surface area contributed by atoms with Gasteiger partial charge in [0.15, 0.2) is 0 Å². The van der Waals surface area contributed by atoms with E-state index >= 15 is 0 Å². The SMILES string of the molecule is O=C1CC(CO)CN1c1ccc(N2CCCCC2)cn1. The summed E-state index contributed by atoms with van der Waals surface area (Å²) in [5.41, 5.74) is 1.14. The molecule has 1 amide bonds. The fourth-order valence-corrected chi connectivity index (χ4v) is 3.00. The van der Waals surface area contributed by atoms with Gasteiger partial charge >= 0.3 is 0 Å². The standard InChI is InChI=1S/C15H21N3O2/c19-11-12-8-15(20)18(10-12)14-5-4-13(9-16-14)17-6-2-1-3-7-17/h4-5,9,12,19H,1-3,6-8,10-11H2. The first-order valence-corrected chi connectivity index (χ1v) is 7.40. The van der Waals surface area contributed by atoms with E-state index in [1.165, 1.54) is 19.3 Å². The van der Waals surface area contributed by atoms with Gasteiger partial charge in [-0.3, -0.25) is 9.69 Å². The summed E-state index contributed by atoms with van der Waals surface area (Å²) in [7, 11) is 0. The molecule has 0 radical (unpaired) electrons. The van der Waals surface area contributed by atoms with Crippen molar-refractivity contribution in [2.45, 2.75) is 25.7 Å².